The Bertz CT molecular complexity index is 408. The Morgan fingerprint density at radius 3 is 2.93 bits per heavy atom. The molecule has 1 aromatic rings. The van der Waals surface area contributed by atoms with E-state index in [0.717, 1.165) is 5.56 Å². The summed E-state index contributed by atoms with van der Waals surface area (Å²) >= 11 is 0. The van der Waals surface area contributed by atoms with Gasteiger partial charge in [0.15, 0.2) is 0 Å². The summed E-state index contributed by atoms with van der Waals surface area (Å²) in [5.74, 6) is -1.01. The third-order valence-corrected chi connectivity index (χ3v) is 2.59. The smallest absolute Gasteiger partial charge is 0.237 e. The third-order valence-electron chi connectivity index (χ3n) is 2.59. The molecule has 1 aliphatic heterocycles. The van der Waals surface area contributed by atoms with Crippen molar-refractivity contribution in [3.63, 3.8) is 0 Å². The van der Waals surface area contributed by atoms with E-state index >= 15 is 0 Å². The van der Waals surface area contributed by atoms with Crippen LogP contribution in [-0.2, 0) is 4.79 Å². The van der Waals surface area contributed by atoms with Crippen LogP contribution in [0, 0.1) is 12.7 Å². The molecule has 15 heavy (non-hydrogen) atoms. The second-order valence-electron chi connectivity index (χ2n) is 3.76. The zero-order valence-corrected chi connectivity index (χ0v) is 8.33. The molecule has 1 amide bonds. The van der Waals surface area contributed by atoms with E-state index in [0.29, 0.717) is 6.54 Å². The molecule has 0 aromatic carbocycles. The van der Waals surface area contributed by atoms with E-state index in [-0.39, 0.29) is 17.5 Å². The summed E-state index contributed by atoms with van der Waals surface area (Å²) < 4.78 is 13.5. The Morgan fingerprint density at radius 2 is 2.40 bits per heavy atom. The van der Waals surface area contributed by atoms with Crippen molar-refractivity contribution in [1.29, 1.82) is 0 Å². The van der Waals surface area contributed by atoms with Gasteiger partial charge in [-0.3, -0.25) is 9.78 Å². The van der Waals surface area contributed by atoms with Gasteiger partial charge in [-0.1, -0.05) is 0 Å². The van der Waals surface area contributed by atoms with Crippen molar-refractivity contribution in [2.24, 2.45) is 5.73 Å². The number of amides is 1. The molecule has 4 nitrogen and oxygen atoms in total. The van der Waals surface area contributed by atoms with Gasteiger partial charge >= 0.3 is 0 Å². The lowest BCUT2D eigenvalue weighted by Gasteiger charge is -2.12. The molecule has 1 aliphatic rings. The molecule has 80 valence electrons. The summed E-state index contributed by atoms with van der Waals surface area (Å²) in [6.45, 7) is 2.12. The minimum Gasteiger partial charge on any atom is -0.354 e. The summed E-state index contributed by atoms with van der Waals surface area (Å²) in [6, 6.07) is 0.701. The Balaban J connectivity index is 2.34. The third kappa shape index (κ3) is 1.70. The molecule has 0 aliphatic carbocycles. The van der Waals surface area contributed by atoms with Gasteiger partial charge in [0.25, 0.3) is 0 Å². The number of hydrogen-bond donors (Lipinski definition) is 2. The molecule has 1 aromatic heterocycles. The molecular formula is C10H12FN3O. The number of carbonyl (C=O) groups excluding carboxylic acids is 1. The predicted molar refractivity (Wildman–Crippen MR) is 52.7 cm³/mol. The molecule has 2 atom stereocenters. The minimum absolute atomic E-state index is 0.248. The van der Waals surface area contributed by atoms with Crippen molar-refractivity contribution in [2.75, 3.05) is 6.54 Å². The minimum atomic E-state index is -0.699. The van der Waals surface area contributed by atoms with E-state index in [1.54, 1.807) is 13.1 Å². The number of rotatable bonds is 1. The average molecular weight is 209 g/mol. The van der Waals surface area contributed by atoms with Gasteiger partial charge in [-0.15, -0.1) is 0 Å². The highest BCUT2D eigenvalue weighted by Gasteiger charge is 2.35. The zero-order chi connectivity index (χ0) is 11.0. The highest BCUT2D eigenvalue weighted by molar-refractivity contribution is 5.85. The first-order valence-electron chi connectivity index (χ1n) is 4.75. The van der Waals surface area contributed by atoms with Gasteiger partial charge in [-0.25, -0.2) is 4.39 Å². The molecule has 5 heteroatoms. The van der Waals surface area contributed by atoms with Crippen LogP contribution in [0.15, 0.2) is 12.3 Å². The van der Waals surface area contributed by atoms with Crippen LogP contribution in [0.2, 0.25) is 0 Å². The van der Waals surface area contributed by atoms with E-state index in [9.17, 15) is 9.18 Å². The number of hydrogen-bond acceptors (Lipinski definition) is 3. The lowest BCUT2D eigenvalue weighted by atomic mass is 9.99. The quantitative estimate of drug-likeness (QED) is 0.687. The fourth-order valence-corrected chi connectivity index (χ4v) is 1.72. The molecule has 0 bridgehead atoms. The summed E-state index contributed by atoms with van der Waals surface area (Å²) in [5.41, 5.74) is 6.66. The second-order valence-corrected chi connectivity index (χ2v) is 3.76. The van der Waals surface area contributed by atoms with Crippen LogP contribution >= 0.6 is 0 Å². The van der Waals surface area contributed by atoms with Crippen LogP contribution < -0.4 is 11.1 Å². The van der Waals surface area contributed by atoms with Crippen LogP contribution in [0.1, 0.15) is 17.2 Å². The molecule has 0 spiro atoms. The van der Waals surface area contributed by atoms with Gasteiger partial charge < -0.3 is 11.1 Å². The standard InChI is InChI=1S/C10H12FN3O/c1-5-2-7(11)9(13-3-5)6-4-14-10(15)8(6)12/h2-3,6,8H,4,12H2,1H3,(H,14,15)/t6-,8+/m1/s1. The fraction of sp³-hybridized carbons (Fsp3) is 0.400. The Hall–Kier alpha value is -1.49. The molecule has 3 N–H and O–H groups in total. The van der Waals surface area contributed by atoms with Crippen molar-refractivity contribution >= 4 is 5.91 Å². The van der Waals surface area contributed by atoms with Gasteiger partial charge in [0.2, 0.25) is 5.91 Å². The molecule has 0 radical (unpaired) electrons. The molecule has 0 unspecified atom stereocenters. The van der Waals surface area contributed by atoms with Gasteiger partial charge in [0.05, 0.1) is 11.7 Å². The van der Waals surface area contributed by atoms with E-state index in [4.69, 9.17) is 5.73 Å². The number of carbonyl (C=O) groups is 1. The van der Waals surface area contributed by atoms with Gasteiger partial charge in [0, 0.05) is 18.7 Å². The van der Waals surface area contributed by atoms with Crippen molar-refractivity contribution in [1.82, 2.24) is 10.3 Å². The normalized spacial score (nSPS) is 25.4. The van der Waals surface area contributed by atoms with Crippen LogP contribution in [-0.4, -0.2) is 23.5 Å². The maximum Gasteiger partial charge on any atom is 0.237 e. The van der Waals surface area contributed by atoms with E-state index in [1.807, 2.05) is 0 Å². The summed E-state index contributed by atoms with van der Waals surface area (Å²) in [5, 5.41) is 2.59. The first-order chi connectivity index (χ1) is 7.09. The lowest BCUT2D eigenvalue weighted by Crippen LogP contribution is -2.33. The summed E-state index contributed by atoms with van der Waals surface area (Å²) in [6.07, 6.45) is 1.58. The number of pyridine rings is 1. The number of nitrogens with zero attached hydrogens (tertiary/aromatic N) is 1. The Kier molecular flexibility index (Phi) is 2.40. The number of nitrogens with one attached hydrogen (secondary N) is 1. The van der Waals surface area contributed by atoms with Crippen molar-refractivity contribution in [3.05, 3.63) is 29.3 Å². The molecule has 2 heterocycles. The van der Waals surface area contributed by atoms with Gasteiger partial charge in [-0.05, 0) is 18.6 Å². The number of halogens is 1. The van der Waals surface area contributed by atoms with Crippen LogP contribution in [0.4, 0.5) is 4.39 Å². The Morgan fingerprint density at radius 1 is 1.67 bits per heavy atom. The first-order valence-corrected chi connectivity index (χ1v) is 4.75. The molecule has 2 rings (SSSR count). The number of aryl methyl sites for hydroxylation is 1. The largest absolute Gasteiger partial charge is 0.354 e. The average Bonchev–Trinajstić information content (AvgIpc) is 2.49. The lowest BCUT2D eigenvalue weighted by molar-refractivity contribution is -0.120. The van der Waals surface area contributed by atoms with Crippen molar-refractivity contribution in [2.45, 2.75) is 18.9 Å². The molecule has 0 saturated carbocycles. The van der Waals surface area contributed by atoms with Crippen molar-refractivity contribution in [3.8, 4) is 0 Å². The van der Waals surface area contributed by atoms with Gasteiger partial charge in [0.1, 0.15) is 5.82 Å². The zero-order valence-electron chi connectivity index (χ0n) is 8.33. The maximum absolute atomic E-state index is 13.5. The van der Waals surface area contributed by atoms with Crippen LogP contribution in [0.5, 0.6) is 0 Å². The number of nitrogens with two attached hydrogens (primary N) is 1. The molecule has 1 saturated heterocycles. The molecular weight excluding hydrogens is 197 g/mol. The predicted octanol–water partition coefficient (Wildman–Crippen LogP) is 0.0698. The maximum atomic E-state index is 13.5. The van der Waals surface area contributed by atoms with E-state index in [1.165, 1.54) is 6.07 Å². The molecule has 1 fully saturated rings. The van der Waals surface area contributed by atoms with E-state index < -0.39 is 11.9 Å². The topological polar surface area (TPSA) is 68.0 Å². The summed E-state index contributed by atoms with van der Waals surface area (Å²) in [4.78, 5) is 15.1. The highest BCUT2D eigenvalue weighted by Crippen LogP contribution is 2.23. The second kappa shape index (κ2) is 3.58. The number of aromatic nitrogens is 1. The van der Waals surface area contributed by atoms with Crippen LogP contribution in [0.3, 0.4) is 0 Å². The van der Waals surface area contributed by atoms with Crippen molar-refractivity contribution < 1.29 is 9.18 Å². The fourth-order valence-electron chi connectivity index (χ4n) is 1.72. The highest BCUT2D eigenvalue weighted by atomic mass is 19.1. The SMILES string of the molecule is Cc1cnc([C@@H]2CNC(=O)[C@H]2N)c(F)c1. The van der Waals surface area contributed by atoms with Gasteiger partial charge in [-0.2, -0.15) is 0 Å². The monoisotopic (exact) mass is 209 g/mol. The Labute approximate surface area is 86.7 Å². The first kappa shape index (κ1) is 10.0. The van der Waals surface area contributed by atoms with E-state index in [2.05, 4.69) is 10.3 Å². The summed E-state index contributed by atoms with van der Waals surface area (Å²) in [7, 11) is 0. The van der Waals surface area contributed by atoms with Crippen LogP contribution in [0.25, 0.3) is 0 Å².